The SMILES string of the molecule is Cc1ccccc1[C@@H](C(=O)N1CCc2onc(C(=O)N(C)C)c2C1)N(C)C. The van der Waals surface area contributed by atoms with Gasteiger partial charge in [0.25, 0.3) is 5.91 Å². The summed E-state index contributed by atoms with van der Waals surface area (Å²) in [4.78, 5) is 30.9. The van der Waals surface area contributed by atoms with E-state index in [0.717, 1.165) is 16.7 Å². The van der Waals surface area contributed by atoms with Crippen molar-refractivity contribution in [2.75, 3.05) is 34.7 Å². The van der Waals surface area contributed by atoms with Crippen LogP contribution in [-0.4, -0.2) is 66.4 Å². The highest BCUT2D eigenvalue weighted by Crippen LogP contribution is 2.29. The zero-order valence-corrected chi connectivity index (χ0v) is 16.5. The van der Waals surface area contributed by atoms with E-state index in [-0.39, 0.29) is 17.9 Å². The van der Waals surface area contributed by atoms with E-state index in [1.54, 1.807) is 19.0 Å². The fraction of sp³-hybridized carbons (Fsp3) is 0.450. The number of amides is 2. The van der Waals surface area contributed by atoms with Gasteiger partial charge in [-0.15, -0.1) is 0 Å². The first kappa shape index (κ1) is 19.1. The lowest BCUT2D eigenvalue weighted by atomic mass is 9.97. The zero-order valence-electron chi connectivity index (χ0n) is 16.5. The maximum Gasteiger partial charge on any atom is 0.275 e. The lowest BCUT2D eigenvalue weighted by Gasteiger charge is -2.33. The smallest absolute Gasteiger partial charge is 0.275 e. The van der Waals surface area contributed by atoms with Crippen molar-refractivity contribution in [3.8, 4) is 0 Å². The third kappa shape index (κ3) is 3.60. The van der Waals surface area contributed by atoms with Crippen LogP contribution >= 0.6 is 0 Å². The van der Waals surface area contributed by atoms with Gasteiger partial charge < -0.3 is 14.3 Å². The Hall–Kier alpha value is -2.67. The Bertz CT molecular complexity index is 857. The normalized spacial score (nSPS) is 14.8. The maximum absolute atomic E-state index is 13.4. The topological polar surface area (TPSA) is 69.9 Å². The van der Waals surface area contributed by atoms with Crippen LogP contribution in [0.2, 0.25) is 0 Å². The average Bonchev–Trinajstić information content (AvgIpc) is 3.05. The molecule has 144 valence electrons. The van der Waals surface area contributed by atoms with E-state index in [9.17, 15) is 9.59 Å². The third-order valence-electron chi connectivity index (χ3n) is 4.98. The number of aromatic nitrogens is 1. The summed E-state index contributed by atoms with van der Waals surface area (Å²) in [7, 11) is 7.17. The van der Waals surface area contributed by atoms with Crippen molar-refractivity contribution in [1.29, 1.82) is 0 Å². The summed E-state index contributed by atoms with van der Waals surface area (Å²) in [5, 5.41) is 3.95. The zero-order chi connectivity index (χ0) is 19.7. The van der Waals surface area contributed by atoms with Crippen LogP contribution < -0.4 is 0 Å². The monoisotopic (exact) mass is 370 g/mol. The molecule has 2 amide bonds. The number of hydrogen-bond donors (Lipinski definition) is 0. The molecule has 1 aliphatic rings. The summed E-state index contributed by atoms with van der Waals surface area (Å²) in [6, 6.07) is 7.56. The number of hydrogen-bond acceptors (Lipinski definition) is 5. The van der Waals surface area contributed by atoms with Crippen LogP contribution in [-0.2, 0) is 17.8 Å². The number of benzene rings is 1. The molecule has 0 N–H and O–H groups in total. The second-order valence-corrected chi connectivity index (χ2v) is 7.37. The van der Waals surface area contributed by atoms with Crippen LogP contribution in [0.15, 0.2) is 28.8 Å². The molecule has 0 saturated heterocycles. The lowest BCUT2D eigenvalue weighted by Crippen LogP contribution is -2.43. The molecule has 7 nitrogen and oxygen atoms in total. The Morgan fingerprint density at radius 2 is 1.89 bits per heavy atom. The molecule has 1 aromatic carbocycles. The van der Waals surface area contributed by atoms with Crippen molar-refractivity contribution in [1.82, 2.24) is 19.9 Å². The van der Waals surface area contributed by atoms with Crippen LogP contribution in [0.3, 0.4) is 0 Å². The van der Waals surface area contributed by atoms with Crippen LogP contribution in [0, 0.1) is 6.92 Å². The lowest BCUT2D eigenvalue weighted by molar-refractivity contribution is -0.137. The summed E-state index contributed by atoms with van der Waals surface area (Å²) >= 11 is 0. The highest BCUT2D eigenvalue weighted by molar-refractivity contribution is 5.94. The van der Waals surface area contributed by atoms with E-state index in [1.807, 2.05) is 50.2 Å². The van der Waals surface area contributed by atoms with Crippen LogP contribution in [0.4, 0.5) is 0 Å². The number of rotatable bonds is 4. The Balaban J connectivity index is 1.89. The van der Waals surface area contributed by atoms with Crippen LogP contribution in [0.5, 0.6) is 0 Å². The van der Waals surface area contributed by atoms with Gasteiger partial charge in [-0.05, 0) is 32.1 Å². The van der Waals surface area contributed by atoms with E-state index in [4.69, 9.17) is 4.52 Å². The predicted octanol–water partition coefficient (Wildman–Crippen LogP) is 1.87. The number of fused-ring (bicyclic) bond motifs is 1. The van der Waals surface area contributed by atoms with Crippen LogP contribution in [0.1, 0.15) is 39.0 Å². The first-order chi connectivity index (χ1) is 12.8. The van der Waals surface area contributed by atoms with Crippen molar-refractivity contribution < 1.29 is 14.1 Å². The summed E-state index contributed by atoms with van der Waals surface area (Å²) < 4.78 is 5.35. The number of carbonyl (C=O) groups is 2. The molecule has 1 atom stereocenters. The van der Waals surface area contributed by atoms with Gasteiger partial charge in [0, 0.05) is 32.6 Å². The molecule has 27 heavy (non-hydrogen) atoms. The number of nitrogens with zero attached hydrogens (tertiary/aromatic N) is 4. The molecule has 0 unspecified atom stereocenters. The van der Waals surface area contributed by atoms with E-state index >= 15 is 0 Å². The predicted molar refractivity (Wildman–Crippen MR) is 101 cm³/mol. The van der Waals surface area contributed by atoms with Crippen molar-refractivity contribution in [2.24, 2.45) is 0 Å². The molecule has 0 radical (unpaired) electrons. The molecule has 0 fully saturated rings. The highest BCUT2D eigenvalue weighted by Gasteiger charge is 2.34. The van der Waals surface area contributed by atoms with Gasteiger partial charge in [0.15, 0.2) is 5.69 Å². The van der Waals surface area contributed by atoms with Gasteiger partial charge in [-0.25, -0.2) is 0 Å². The Morgan fingerprint density at radius 1 is 1.19 bits per heavy atom. The summed E-state index contributed by atoms with van der Waals surface area (Å²) in [5.74, 6) is 0.503. The summed E-state index contributed by atoms with van der Waals surface area (Å²) in [5.41, 5.74) is 3.09. The van der Waals surface area contributed by atoms with E-state index < -0.39 is 0 Å². The van der Waals surface area contributed by atoms with Crippen molar-refractivity contribution in [3.05, 3.63) is 52.4 Å². The highest BCUT2D eigenvalue weighted by atomic mass is 16.5. The fourth-order valence-corrected chi connectivity index (χ4v) is 3.48. The van der Waals surface area contributed by atoms with Crippen LogP contribution in [0.25, 0.3) is 0 Å². The van der Waals surface area contributed by atoms with Gasteiger partial charge in [-0.2, -0.15) is 0 Å². The fourth-order valence-electron chi connectivity index (χ4n) is 3.48. The van der Waals surface area contributed by atoms with Crippen molar-refractivity contribution in [3.63, 3.8) is 0 Å². The first-order valence-electron chi connectivity index (χ1n) is 9.01. The van der Waals surface area contributed by atoms with E-state index in [1.165, 1.54) is 4.90 Å². The van der Waals surface area contributed by atoms with Gasteiger partial charge in [0.1, 0.15) is 11.8 Å². The second-order valence-electron chi connectivity index (χ2n) is 7.37. The molecule has 0 saturated carbocycles. The molecule has 2 aromatic rings. The van der Waals surface area contributed by atoms with Gasteiger partial charge in [-0.1, -0.05) is 29.4 Å². The van der Waals surface area contributed by atoms with Gasteiger partial charge in [0.2, 0.25) is 5.91 Å². The minimum Gasteiger partial charge on any atom is -0.360 e. The first-order valence-corrected chi connectivity index (χ1v) is 9.01. The molecule has 0 spiro atoms. The Kier molecular flexibility index (Phi) is 5.32. The Labute approximate surface area is 159 Å². The molecular formula is C20H26N4O3. The number of aryl methyl sites for hydroxylation is 1. The largest absolute Gasteiger partial charge is 0.360 e. The number of carbonyl (C=O) groups excluding carboxylic acids is 2. The summed E-state index contributed by atoms with van der Waals surface area (Å²) in [6.45, 7) is 2.90. The summed E-state index contributed by atoms with van der Waals surface area (Å²) in [6.07, 6.45) is 0.558. The van der Waals surface area contributed by atoms with Gasteiger partial charge in [-0.3, -0.25) is 14.5 Å². The standard InChI is InChI=1S/C20H26N4O3/c1-13-8-6-7-9-14(13)18(22(2)3)20(26)24-11-10-16-15(12-24)17(21-27-16)19(25)23(4)5/h6-9,18H,10-12H2,1-5H3/t18-/m0/s1. The average molecular weight is 370 g/mol. The molecule has 0 bridgehead atoms. The van der Waals surface area contributed by atoms with Crippen molar-refractivity contribution >= 4 is 11.8 Å². The van der Waals surface area contributed by atoms with Crippen molar-refractivity contribution in [2.45, 2.75) is 25.9 Å². The minimum absolute atomic E-state index is 0.0180. The Morgan fingerprint density at radius 3 is 2.52 bits per heavy atom. The van der Waals surface area contributed by atoms with Gasteiger partial charge in [0.05, 0.1) is 6.54 Å². The molecule has 2 heterocycles. The quantitative estimate of drug-likeness (QED) is 0.822. The van der Waals surface area contributed by atoms with Gasteiger partial charge >= 0.3 is 0 Å². The molecular weight excluding hydrogens is 344 g/mol. The molecule has 7 heteroatoms. The molecule has 3 rings (SSSR count). The molecule has 0 aliphatic carbocycles. The van der Waals surface area contributed by atoms with E-state index in [0.29, 0.717) is 31.0 Å². The molecule has 1 aromatic heterocycles. The second kappa shape index (κ2) is 7.52. The maximum atomic E-state index is 13.4. The third-order valence-corrected chi connectivity index (χ3v) is 4.98. The minimum atomic E-state index is -0.374. The number of likely N-dealkylation sites (N-methyl/N-ethyl adjacent to an activating group) is 1. The van der Waals surface area contributed by atoms with E-state index in [2.05, 4.69) is 5.16 Å². The molecule has 1 aliphatic heterocycles.